The van der Waals surface area contributed by atoms with E-state index in [9.17, 15) is 9.59 Å². The Kier molecular flexibility index (Phi) is 4.53. The molecule has 2 amide bonds. The molecule has 5 heteroatoms. The van der Waals surface area contributed by atoms with Crippen molar-refractivity contribution >= 4 is 28.8 Å². The smallest absolute Gasteiger partial charge is 0.253 e. The van der Waals surface area contributed by atoms with Gasteiger partial charge >= 0.3 is 0 Å². The number of thiophene rings is 1. The summed E-state index contributed by atoms with van der Waals surface area (Å²) >= 11 is 1.56. The van der Waals surface area contributed by atoms with Gasteiger partial charge in [-0.2, -0.15) is 0 Å². The van der Waals surface area contributed by atoms with E-state index in [1.165, 1.54) is 4.90 Å². The van der Waals surface area contributed by atoms with E-state index in [4.69, 9.17) is 0 Å². The molecule has 0 saturated carbocycles. The van der Waals surface area contributed by atoms with Crippen LogP contribution in [-0.2, 0) is 11.2 Å². The number of nitrogens with one attached hydrogen (secondary N) is 1. The summed E-state index contributed by atoms with van der Waals surface area (Å²) < 4.78 is 0. The molecule has 0 saturated heterocycles. The second-order valence-corrected chi connectivity index (χ2v) is 5.61. The van der Waals surface area contributed by atoms with Crippen molar-refractivity contribution in [2.45, 2.75) is 6.42 Å². The highest BCUT2D eigenvalue weighted by Crippen LogP contribution is 2.13. The summed E-state index contributed by atoms with van der Waals surface area (Å²) in [7, 11) is 3.41. The van der Waals surface area contributed by atoms with E-state index in [-0.39, 0.29) is 11.8 Å². The van der Waals surface area contributed by atoms with Crippen molar-refractivity contribution in [2.75, 3.05) is 19.4 Å². The van der Waals surface area contributed by atoms with E-state index in [0.29, 0.717) is 17.7 Å². The van der Waals surface area contributed by atoms with Gasteiger partial charge in [0.2, 0.25) is 5.91 Å². The van der Waals surface area contributed by atoms with Crippen LogP contribution in [0.4, 0.5) is 5.69 Å². The van der Waals surface area contributed by atoms with E-state index >= 15 is 0 Å². The van der Waals surface area contributed by atoms with E-state index < -0.39 is 0 Å². The zero-order valence-electron chi connectivity index (χ0n) is 11.4. The second-order valence-electron chi connectivity index (χ2n) is 4.58. The Hall–Kier alpha value is -2.14. The molecule has 2 rings (SSSR count). The first-order valence-electron chi connectivity index (χ1n) is 6.20. The summed E-state index contributed by atoms with van der Waals surface area (Å²) in [5, 5.41) is 4.77. The summed E-state index contributed by atoms with van der Waals surface area (Å²) in [6.07, 6.45) is 0.371. The molecule has 0 atom stereocenters. The SMILES string of the molecule is CN(C)C(=O)c1ccc(NC(=O)Cc2cccs2)cc1. The maximum Gasteiger partial charge on any atom is 0.253 e. The molecular weight excluding hydrogens is 272 g/mol. The van der Waals surface area contributed by atoms with Crippen LogP contribution in [0.3, 0.4) is 0 Å². The lowest BCUT2D eigenvalue weighted by Gasteiger charge is -2.10. The van der Waals surface area contributed by atoms with Crippen LogP contribution in [0.15, 0.2) is 41.8 Å². The molecule has 0 unspecified atom stereocenters. The first-order valence-corrected chi connectivity index (χ1v) is 7.08. The first kappa shape index (κ1) is 14.3. The van der Waals surface area contributed by atoms with Gasteiger partial charge in [0.05, 0.1) is 6.42 Å². The van der Waals surface area contributed by atoms with E-state index in [1.807, 2.05) is 17.5 Å². The van der Waals surface area contributed by atoms with Gasteiger partial charge in [0.25, 0.3) is 5.91 Å². The molecule has 0 aliphatic rings. The first-order chi connectivity index (χ1) is 9.56. The van der Waals surface area contributed by atoms with Crippen molar-refractivity contribution in [2.24, 2.45) is 0 Å². The molecule has 1 aromatic heterocycles. The van der Waals surface area contributed by atoms with Gasteiger partial charge in [0.15, 0.2) is 0 Å². The van der Waals surface area contributed by atoms with Crippen molar-refractivity contribution < 1.29 is 9.59 Å². The van der Waals surface area contributed by atoms with E-state index in [2.05, 4.69) is 5.32 Å². The third kappa shape index (κ3) is 3.68. The molecule has 2 aromatic rings. The fraction of sp³-hybridized carbons (Fsp3) is 0.200. The van der Waals surface area contributed by atoms with Crippen molar-refractivity contribution in [3.8, 4) is 0 Å². The van der Waals surface area contributed by atoms with Gasteiger partial charge in [-0.25, -0.2) is 0 Å². The Morgan fingerprint density at radius 2 is 1.85 bits per heavy atom. The summed E-state index contributed by atoms with van der Waals surface area (Å²) in [4.78, 5) is 26.1. The van der Waals surface area contributed by atoms with Crippen molar-refractivity contribution in [1.29, 1.82) is 0 Å². The van der Waals surface area contributed by atoms with Crippen LogP contribution in [0, 0.1) is 0 Å². The van der Waals surface area contributed by atoms with Gasteiger partial charge in [0.1, 0.15) is 0 Å². The van der Waals surface area contributed by atoms with Crippen molar-refractivity contribution in [1.82, 2.24) is 4.90 Å². The Labute approximate surface area is 122 Å². The lowest BCUT2D eigenvalue weighted by molar-refractivity contribution is -0.115. The Morgan fingerprint density at radius 3 is 2.40 bits per heavy atom. The number of anilines is 1. The molecule has 104 valence electrons. The third-order valence-corrected chi connectivity index (χ3v) is 3.61. The summed E-state index contributed by atoms with van der Waals surface area (Å²) in [5.41, 5.74) is 1.30. The van der Waals surface area contributed by atoms with Gasteiger partial charge in [0, 0.05) is 30.2 Å². The maximum absolute atomic E-state index is 11.8. The molecule has 0 radical (unpaired) electrons. The summed E-state index contributed by atoms with van der Waals surface area (Å²) in [6, 6.07) is 10.8. The van der Waals surface area contributed by atoms with Gasteiger partial charge in [-0.3, -0.25) is 9.59 Å². The molecule has 0 aliphatic heterocycles. The minimum absolute atomic E-state index is 0.0542. The van der Waals surface area contributed by atoms with Crippen LogP contribution >= 0.6 is 11.3 Å². The molecule has 0 aliphatic carbocycles. The lowest BCUT2D eigenvalue weighted by Crippen LogP contribution is -2.21. The van der Waals surface area contributed by atoms with Gasteiger partial charge < -0.3 is 10.2 Å². The molecule has 4 nitrogen and oxygen atoms in total. The molecule has 0 bridgehead atoms. The van der Waals surface area contributed by atoms with Gasteiger partial charge in [-0.1, -0.05) is 6.07 Å². The third-order valence-electron chi connectivity index (χ3n) is 2.74. The Balaban J connectivity index is 1.97. The normalized spacial score (nSPS) is 10.1. The van der Waals surface area contributed by atoms with Crippen LogP contribution in [0.1, 0.15) is 15.2 Å². The van der Waals surface area contributed by atoms with Crippen LogP contribution in [-0.4, -0.2) is 30.8 Å². The largest absolute Gasteiger partial charge is 0.345 e. The van der Waals surface area contributed by atoms with E-state index in [1.54, 1.807) is 49.7 Å². The molecule has 0 spiro atoms. The molecule has 1 aromatic carbocycles. The highest BCUT2D eigenvalue weighted by Gasteiger charge is 2.08. The molecule has 0 fully saturated rings. The van der Waals surface area contributed by atoms with Crippen molar-refractivity contribution in [3.63, 3.8) is 0 Å². The van der Waals surface area contributed by atoms with Crippen LogP contribution < -0.4 is 5.32 Å². The van der Waals surface area contributed by atoms with Gasteiger partial charge in [-0.15, -0.1) is 11.3 Å². The number of rotatable bonds is 4. The minimum atomic E-state index is -0.0564. The van der Waals surface area contributed by atoms with Crippen LogP contribution in [0.5, 0.6) is 0 Å². The average molecular weight is 288 g/mol. The molecule has 20 heavy (non-hydrogen) atoms. The fourth-order valence-electron chi connectivity index (χ4n) is 1.73. The molecular formula is C15H16N2O2S. The lowest BCUT2D eigenvalue weighted by atomic mass is 10.2. The topological polar surface area (TPSA) is 49.4 Å². The quantitative estimate of drug-likeness (QED) is 0.940. The number of benzene rings is 1. The number of carbonyl (C=O) groups is 2. The number of hydrogen-bond donors (Lipinski definition) is 1. The van der Waals surface area contributed by atoms with Crippen LogP contribution in [0.25, 0.3) is 0 Å². The summed E-state index contributed by atoms with van der Waals surface area (Å²) in [5.74, 6) is -0.111. The van der Waals surface area contributed by atoms with E-state index in [0.717, 1.165) is 4.88 Å². The van der Waals surface area contributed by atoms with Crippen molar-refractivity contribution in [3.05, 3.63) is 52.2 Å². The van der Waals surface area contributed by atoms with Gasteiger partial charge in [-0.05, 0) is 35.7 Å². The highest BCUT2D eigenvalue weighted by molar-refractivity contribution is 7.10. The summed E-state index contributed by atoms with van der Waals surface area (Å²) in [6.45, 7) is 0. The number of amides is 2. The fourth-order valence-corrected chi connectivity index (χ4v) is 2.43. The van der Waals surface area contributed by atoms with Crippen LogP contribution in [0.2, 0.25) is 0 Å². The predicted molar refractivity (Wildman–Crippen MR) is 81.1 cm³/mol. The average Bonchev–Trinajstić information content (AvgIpc) is 2.91. The zero-order chi connectivity index (χ0) is 14.5. The number of carbonyl (C=O) groups excluding carboxylic acids is 2. The second kappa shape index (κ2) is 6.34. The predicted octanol–water partition coefficient (Wildman–Crippen LogP) is 2.63. The Bertz CT molecular complexity index is 589. The molecule has 1 N–H and O–H groups in total. The highest BCUT2D eigenvalue weighted by atomic mass is 32.1. The number of hydrogen-bond acceptors (Lipinski definition) is 3. The maximum atomic E-state index is 11.8. The number of nitrogens with zero attached hydrogens (tertiary/aromatic N) is 1. The minimum Gasteiger partial charge on any atom is -0.345 e. The monoisotopic (exact) mass is 288 g/mol. The zero-order valence-corrected chi connectivity index (χ0v) is 12.2. The Morgan fingerprint density at radius 1 is 1.15 bits per heavy atom. The molecule has 1 heterocycles. The standard InChI is InChI=1S/C15H16N2O2S/c1-17(2)15(19)11-5-7-12(8-6-11)16-14(18)10-13-4-3-9-20-13/h3-9H,10H2,1-2H3,(H,16,18).